The summed E-state index contributed by atoms with van der Waals surface area (Å²) in [6.07, 6.45) is 0. The Morgan fingerprint density at radius 1 is 1.20 bits per heavy atom. The lowest BCUT2D eigenvalue weighted by molar-refractivity contribution is 0.128. The third-order valence-corrected chi connectivity index (χ3v) is 3.40. The van der Waals surface area contributed by atoms with Gasteiger partial charge in [-0.05, 0) is 19.1 Å². The van der Waals surface area contributed by atoms with Crippen LogP contribution in [0.1, 0.15) is 12.7 Å². The number of rotatable bonds is 5. The summed E-state index contributed by atoms with van der Waals surface area (Å²) in [5.74, 6) is 1.03. The highest BCUT2D eigenvalue weighted by molar-refractivity contribution is 6.43. The van der Waals surface area contributed by atoms with Crippen molar-refractivity contribution in [2.45, 2.75) is 13.5 Å². The number of hydrogen-bond donors (Lipinski definition) is 1. The van der Waals surface area contributed by atoms with Crippen molar-refractivity contribution in [3.63, 3.8) is 0 Å². The molecule has 20 heavy (non-hydrogen) atoms. The van der Waals surface area contributed by atoms with Crippen molar-refractivity contribution in [2.24, 2.45) is 0 Å². The van der Waals surface area contributed by atoms with Gasteiger partial charge in [0, 0.05) is 12.7 Å². The average Bonchev–Trinajstić information content (AvgIpc) is 2.41. The number of nitrogens with one attached hydrogen (secondary N) is 1. The molecule has 2 aromatic rings. The fourth-order valence-electron chi connectivity index (χ4n) is 1.52. The zero-order chi connectivity index (χ0) is 14.5. The molecule has 1 aromatic heterocycles. The fraction of sp³-hybridized carbons (Fsp3) is 0.231. The molecule has 4 nitrogen and oxygen atoms in total. The Kier molecular flexibility index (Phi) is 5.43. The topological polar surface area (TPSA) is 47.0 Å². The van der Waals surface area contributed by atoms with Crippen LogP contribution < -0.4 is 5.32 Å². The maximum atomic E-state index is 6.11. The van der Waals surface area contributed by atoms with E-state index in [2.05, 4.69) is 15.3 Å². The van der Waals surface area contributed by atoms with E-state index in [0.29, 0.717) is 45.7 Å². The van der Waals surface area contributed by atoms with Crippen molar-refractivity contribution in [3.8, 4) is 0 Å². The van der Waals surface area contributed by atoms with Crippen molar-refractivity contribution >= 4 is 46.3 Å². The molecule has 0 unspecified atom stereocenters. The standard InChI is InChI=1S/C13H12Cl3N3O/c1-2-20-7-12-18-10(15)6-11(19-12)17-9-5-3-4-8(14)13(9)16/h3-6H,2,7H2,1H3,(H,17,18,19). The maximum absolute atomic E-state index is 6.11. The van der Waals surface area contributed by atoms with Gasteiger partial charge < -0.3 is 10.1 Å². The van der Waals surface area contributed by atoms with Gasteiger partial charge in [0.05, 0.1) is 15.7 Å². The van der Waals surface area contributed by atoms with Crippen LogP contribution in [0.15, 0.2) is 24.3 Å². The van der Waals surface area contributed by atoms with E-state index in [4.69, 9.17) is 39.5 Å². The minimum atomic E-state index is 0.301. The van der Waals surface area contributed by atoms with E-state index in [1.807, 2.05) is 6.92 Å². The molecule has 0 spiro atoms. The predicted molar refractivity (Wildman–Crippen MR) is 82.1 cm³/mol. The zero-order valence-corrected chi connectivity index (χ0v) is 12.9. The van der Waals surface area contributed by atoms with Crippen LogP contribution in [0.2, 0.25) is 15.2 Å². The van der Waals surface area contributed by atoms with Crippen molar-refractivity contribution in [2.75, 3.05) is 11.9 Å². The summed E-state index contributed by atoms with van der Waals surface area (Å²) >= 11 is 18.0. The molecular weight excluding hydrogens is 321 g/mol. The second-order valence-electron chi connectivity index (χ2n) is 3.86. The van der Waals surface area contributed by atoms with Gasteiger partial charge in [0.2, 0.25) is 0 Å². The van der Waals surface area contributed by atoms with Crippen LogP contribution in [0.3, 0.4) is 0 Å². The Labute approximate surface area is 132 Å². The van der Waals surface area contributed by atoms with E-state index in [9.17, 15) is 0 Å². The summed E-state index contributed by atoms with van der Waals surface area (Å²) in [5, 5.41) is 4.28. The molecule has 0 bridgehead atoms. The number of aromatic nitrogens is 2. The number of anilines is 2. The van der Waals surface area contributed by atoms with Crippen molar-refractivity contribution in [1.29, 1.82) is 0 Å². The van der Waals surface area contributed by atoms with Crippen LogP contribution in [-0.2, 0) is 11.3 Å². The Hall–Kier alpha value is -1.07. The lowest BCUT2D eigenvalue weighted by Gasteiger charge is -2.10. The van der Waals surface area contributed by atoms with E-state index >= 15 is 0 Å². The van der Waals surface area contributed by atoms with Gasteiger partial charge in [-0.25, -0.2) is 9.97 Å². The second kappa shape index (κ2) is 7.09. The summed E-state index contributed by atoms with van der Waals surface area (Å²) < 4.78 is 5.26. The summed E-state index contributed by atoms with van der Waals surface area (Å²) in [6.45, 7) is 2.78. The third kappa shape index (κ3) is 3.96. The first-order chi connectivity index (χ1) is 9.60. The van der Waals surface area contributed by atoms with Gasteiger partial charge in [-0.15, -0.1) is 0 Å². The highest BCUT2D eigenvalue weighted by Gasteiger charge is 2.08. The number of hydrogen-bond acceptors (Lipinski definition) is 4. The Morgan fingerprint density at radius 3 is 2.75 bits per heavy atom. The number of halogens is 3. The van der Waals surface area contributed by atoms with Crippen molar-refractivity contribution in [1.82, 2.24) is 9.97 Å². The molecular formula is C13H12Cl3N3O. The van der Waals surface area contributed by atoms with Crippen molar-refractivity contribution < 1.29 is 4.74 Å². The number of benzene rings is 1. The fourth-order valence-corrected chi connectivity index (χ4v) is 2.07. The van der Waals surface area contributed by atoms with Crippen LogP contribution in [-0.4, -0.2) is 16.6 Å². The quantitative estimate of drug-likeness (QED) is 0.805. The van der Waals surface area contributed by atoms with Gasteiger partial charge in [0.25, 0.3) is 0 Å². The molecule has 0 aliphatic carbocycles. The predicted octanol–water partition coefficient (Wildman–Crippen LogP) is 4.72. The molecule has 1 N–H and O–H groups in total. The smallest absolute Gasteiger partial charge is 0.158 e. The van der Waals surface area contributed by atoms with E-state index in [1.165, 1.54) is 0 Å². The van der Waals surface area contributed by atoms with Gasteiger partial charge in [-0.1, -0.05) is 40.9 Å². The lowest BCUT2D eigenvalue weighted by atomic mass is 10.3. The van der Waals surface area contributed by atoms with Crippen LogP contribution in [0.5, 0.6) is 0 Å². The van der Waals surface area contributed by atoms with Gasteiger partial charge in [-0.3, -0.25) is 0 Å². The van der Waals surface area contributed by atoms with Gasteiger partial charge in [0.1, 0.15) is 17.6 Å². The second-order valence-corrected chi connectivity index (χ2v) is 5.03. The molecule has 0 saturated carbocycles. The molecule has 0 fully saturated rings. The maximum Gasteiger partial charge on any atom is 0.158 e. The van der Waals surface area contributed by atoms with Gasteiger partial charge in [-0.2, -0.15) is 0 Å². The molecule has 0 aliphatic heterocycles. The first-order valence-corrected chi connectivity index (χ1v) is 7.05. The number of ether oxygens (including phenoxy) is 1. The molecule has 1 heterocycles. The van der Waals surface area contributed by atoms with E-state index in [-0.39, 0.29) is 0 Å². The van der Waals surface area contributed by atoms with Gasteiger partial charge >= 0.3 is 0 Å². The van der Waals surface area contributed by atoms with Crippen LogP contribution in [0, 0.1) is 0 Å². The first-order valence-electron chi connectivity index (χ1n) is 5.92. The summed E-state index contributed by atoms with van der Waals surface area (Å²) in [5.41, 5.74) is 0.649. The molecule has 1 aromatic carbocycles. The number of nitrogens with zero attached hydrogens (tertiary/aromatic N) is 2. The Bertz CT molecular complexity index is 607. The molecule has 0 saturated heterocycles. The van der Waals surface area contributed by atoms with Gasteiger partial charge in [0.15, 0.2) is 5.82 Å². The Morgan fingerprint density at radius 2 is 2.00 bits per heavy atom. The molecule has 0 atom stereocenters. The van der Waals surface area contributed by atoms with Crippen LogP contribution in [0.4, 0.5) is 11.5 Å². The molecule has 0 aliphatic rings. The highest BCUT2D eigenvalue weighted by Crippen LogP contribution is 2.31. The summed E-state index contributed by atoms with van der Waals surface area (Å²) in [6, 6.07) is 6.91. The summed E-state index contributed by atoms with van der Waals surface area (Å²) in [4.78, 5) is 8.39. The normalized spacial score (nSPS) is 10.6. The molecule has 7 heteroatoms. The largest absolute Gasteiger partial charge is 0.374 e. The molecule has 0 amide bonds. The minimum Gasteiger partial charge on any atom is -0.374 e. The summed E-state index contributed by atoms with van der Waals surface area (Å²) in [7, 11) is 0. The van der Waals surface area contributed by atoms with Crippen molar-refractivity contribution in [3.05, 3.63) is 45.3 Å². The third-order valence-electron chi connectivity index (χ3n) is 2.39. The van der Waals surface area contributed by atoms with E-state index in [0.717, 1.165) is 0 Å². The molecule has 106 valence electrons. The van der Waals surface area contributed by atoms with E-state index in [1.54, 1.807) is 24.3 Å². The monoisotopic (exact) mass is 331 g/mol. The minimum absolute atomic E-state index is 0.301. The van der Waals surface area contributed by atoms with E-state index < -0.39 is 0 Å². The average molecular weight is 333 g/mol. The molecule has 2 rings (SSSR count). The van der Waals surface area contributed by atoms with Crippen LogP contribution in [0.25, 0.3) is 0 Å². The highest BCUT2D eigenvalue weighted by atomic mass is 35.5. The van der Waals surface area contributed by atoms with Crippen LogP contribution >= 0.6 is 34.8 Å². The lowest BCUT2D eigenvalue weighted by Crippen LogP contribution is -2.03. The SMILES string of the molecule is CCOCc1nc(Cl)cc(Nc2cccc(Cl)c2Cl)n1. The molecule has 0 radical (unpaired) electrons. The Balaban J connectivity index is 2.24. The first kappa shape index (κ1) is 15.3. The zero-order valence-electron chi connectivity index (χ0n) is 10.7.